The number of nitrogens with two attached hydrogens (primary N) is 1. The maximum atomic E-state index is 12.9. The first-order valence-corrected chi connectivity index (χ1v) is 8.47. The summed E-state index contributed by atoms with van der Waals surface area (Å²) >= 11 is 0. The van der Waals surface area contributed by atoms with Crippen LogP contribution in [0, 0.1) is 5.82 Å². The van der Waals surface area contributed by atoms with Gasteiger partial charge in [0.15, 0.2) is 5.82 Å². The molecule has 0 saturated carbocycles. The van der Waals surface area contributed by atoms with E-state index in [0.717, 1.165) is 6.20 Å². The summed E-state index contributed by atoms with van der Waals surface area (Å²) in [6.45, 7) is 0.353. The molecule has 0 saturated heterocycles. The quantitative estimate of drug-likeness (QED) is 0.611. The van der Waals surface area contributed by atoms with Crippen LogP contribution in [0.1, 0.15) is 16.8 Å². The number of amides is 1. The van der Waals surface area contributed by atoms with Gasteiger partial charge in [-0.25, -0.2) is 14.4 Å². The molecular formula is C19H18FN7O. The van der Waals surface area contributed by atoms with Crippen LogP contribution in [0.25, 0.3) is 5.69 Å². The predicted molar refractivity (Wildman–Crippen MR) is 103 cm³/mol. The molecule has 3 N–H and O–H groups in total. The number of carbonyl (C=O) groups is 1. The number of benzene rings is 1. The zero-order valence-electron chi connectivity index (χ0n) is 14.9. The highest BCUT2D eigenvalue weighted by Gasteiger charge is 2.12. The molecule has 0 atom stereocenters. The maximum Gasteiger partial charge on any atom is 0.253 e. The van der Waals surface area contributed by atoms with Gasteiger partial charge in [0.25, 0.3) is 5.91 Å². The molecule has 3 aromatic rings. The lowest BCUT2D eigenvalue weighted by molar-refractivity contribution is 0.0954. The van der Waals surface area contributed by atoms with E-state index in [0.29, 0.717) is 35.6 Å². The number of nitrogens with one attached hydrogen (secondary N) is 1. The zero-order chi connectivity index (χ0) is 19.8. The standard InChI is InChI=1S/C19H18FN7O/c20-15-5-6-18(24-13-15)23-12-14(11-21)7-8-22-19(28)16-3-1-2-4-17(16)27-25-9-10-26-27/h1-6,9-13H,7-8,21H2,(H,22,28). The van der Waals surface area contributed by atoms with Gasteiger partial charge in [0.2, 0.25) is 0 Å². The molecule has 0 aliphatic carbocycles. The Morgan fingerprint density at radius 1 is 1.21 bits per heavy atom. The number of para-hydroxylation sites is 1. The molecule has 9 heteroatoms. The molecule has 142 valence electrons. The second-order valence-electron chi connectivity index (χ2n) is 5.68. The van der Waals surface area contributed by atoms with Gasteiger partial charge >= 0.3 is 0 Å². The fraction of sp³-hybridized carbons (Fsp3) is 0.105. The second kappa shape index (κ2) is 9.17. The van der Waals surface area contributed by atoms with Crippen LogP contribution in [-0.2, 0) is 0 Å². The second-order valence-corrected chi connectivity index (χ2v) is 5.68. The highest BCUT2D eigenvalue weighted by atomic mass is 19.1. The average Bonchev–Trinajstić information content (AvgIpc) is 3.26. The fourth-order valence-electron chi connectivity index (χ4n) is 2.38. The van der Waals surface area contributed by atoms with Gasteiger partial charge in [0.1, 0.15) is 5.82 Å². The number of aliphatic imine (C=N–C) groups is 1. The van der Waals surface area contributed by atoms with E-state index in [1.54, 1.807) is 30.6 Å². The minimum absolute atomic E-state index is 0.249. The van der Waals surface area contributed by atoms with Crippen molar-refractivity contribution < 1.29 is 9.18 Å². The van der Waals surface area contributed by atoms with E-state index in [1.165, 1.54) is 29.3 Å². The Hall–Kier alpha value is -3.88. The lowest BCUT2D eigenvalue weighted by Crippen LogP contribution is -2.26. The number of rotatable bonds is 7. The summed E-state index contributed by atoms with van der Waals surface area (Å²) in [5.41, 5.74) is 7.36. The topological polar surface area (TPSA) is 111 Å². The Kier molecular flexibility index (Phi) is 6.19. The van der Waals surface area contributed by atoms with E-state index in [2.05, 4.69) is 25.5 Å². The van der Waals surface area contributed by atoms with E-state index in [9.17, 15) is 9.18 Å². The molecule has 0 aliphatic heterocycles. The first-order valence-electron chi connectivity index (χ1n) is 8.47. The van der Waals surface area contributed by atoms with Crippen LogP contribution < -0.4 is 11.1 Å². The summed E-state index contributed by atoms with van der Waals surface area (Å²) in [7, 11) is 0. The van der Waals surface area contributed by atoms with Crippen molar-refractivity contribution >= 4 is 17.9 Å². The van der Waals surface area contributed by atoms with Crippen molar-refractivity contribution in [3.05, 3.63) is 78.1 Å². The Morgan fingerprint density at radius 3 is 2.71 bits per heavy atom. The van der Waals surface area contributed by atoms with E-state index < -0.39 is 5.82 Å². The molecule has 0 bridgehead atoms. The first kappa shape index (κ1) is 18.9. The predicted octanol–water partition coefficient (Wildman–Crippen LogP) is 2.17. The molecule has 2 heterocycles. The van der Waals surface area contributed by atoms with Crippen LogP contribution >= 0.6 is 0 Å². The van der Waals surface area contributed by atoms with Crippen molar-refractivity contribution in [1.82, 2.24) is 25.3 Å². The van der Waals surface area contributed by atoms with E-state index in [1.807, 2.05) is 6.07 Å². The number of pyridine rings is 1. The Morgan fingerprint density at radius 2 is 2.00 bits per heavy atom. The van der Waals surface area contributed by atoms with Gasteiger partial charge in [-0.3, -0.25) is 4.79 Å². The largest absolute Gasteiger partial charge is 0.404 e. The molecule has 0 fully saturated rings. The Labute approximate surface area is 160 Å². The van der Waals surface area contributed by atoms with Gasteiger partial charge < -0.3 is 11.1 Å². The number of aromatic nitrogens is 4. The highest BCUT2D eigenvalue weighted by Crippen LogP contribution is 2.12. The molecule has 1 amide bonds. The number of carbonyl (C=O) groups excluding carboxylic acids is 1. The molecule has 0 aliphatic rings. The van der Waals surface area contributed by atoms with E-state index >= 15 is 0 Å². The van der Waals surface area contributed by atoms with Crippen molar-refractivity contribution in [2.75, 3.05) is 6.54 Å². The van der Waals surface area contributed by atoms with Gasteiger partial charge in [-0.1, -0.05) is 12.1 Å². The third-order valence-electron chi connectivity index (χ3n) is 3.77. The molecule has 8 nitrogen and oxygen atoms in total. The number of halogens is 1. The molecule has 2 aromatic heterocycles. The summed E-state index contributed by atoms with van der Waals surface area (Å²) < 4.78 is 12.9. The third-order valence-corrected chi connectivity index (χ3v) is 3.77. The van der Waals surface area contributed by atoms with Gasteiger partial charge in [0.05, 0.1) is 29.8 Å². The molecule has 0 radical (unpaired) electrons. The Balaban J connectivity index is 1.58. The van der Waals surface area contributed by atoms with E-state index in [4.69, 9.17) is 5.73 Å². The Bertz CT molecular complexity index is 982. The molecular weight excluding hydrogens is 361 g/mol. The summed E-state index contributed by atoms with van der Waals surface area (Å²) in [5, 5.41) is 11.0. The smallest absolute Gasteiger partial charge is 0.253 e. The first-order chi connectivity index (χ1) is 13.7. The summed E-state index contributed by atoms with van der Waals surface area (Å²) in [4.78, 5) is 21.9. The lowest BCUT2D eigenvalue weighted by Gasteiger charge is -2.09. The normalized spacial score (nSPS) is 11.7. The molecule has 3 rings (SSSR count). The zero-order valence-corrected chi connectivity index (χ0v) is 14.9. The molecule has 28 heavy (non-hydrogen) atoms. The molecule has 0 unspecified atom stereocenters. The third kappa shape index (κ3) is 4.85. The van der Waals surface area contributed by atoms with Crippen molar-refractivity contribution in [2.45, 2.75) is 6.42 Å². The van der Waals surface area contributed by atoms with Gasteiger partial charge in [-0.2, -0.15) is 15.0 Å². The number of hydrogen-bond donors (Lipinski definition) is 2. The van der Waals surface area contributed by atoms with Crippen LogP contribution in [0.5, 0.6) is 0 Å². The van der Waals surface area contributed by atoms with Crippen molar-refractivity contribution in [1.29, 1.82) is 0 Å². The van der Waals surface area contributed by atoms with Crippen LogP contribution in [0.4, 0.5) is 10.2 Å². The van der Waals surface area contributed by atoms with Crippen molar-refractivity contribution in [3.8, 4) is 5.69 Å². The highest BCUT2D eigenvalue weighted by molar-refractivity contribution is 5.97. The minimum atomic E-state index is -0.429. The SMILES string of the molecule is NC=C(C=Nc1ccc(F)cn1)CCNC(=O)c1ccccc1-n1nccn1. The summed E-state index contributed by atoms with van der Waals surface area (Å²) in [6, 6.07) is 9.79. The lowest BCUT2D eigenvalue weighted by atomic mass is 10.1. The average molecular weight is 379 g/mol. The van der Waals surface area contributed by atoms with Crippen LogP contribution in [0.15, 0.2) is 71.8 Å². The van der Waals surface area contributed by atoms with Crippen molar-refractivity contribution in [3.63, 3.8) is 0 Å². The number of nitrogens with zero attached hydrogens (tertiary/aromatic N) is 5. The summed E-state index contributed by atoms with van der Waals surface area (Å²) in [5.74, 6) is -0.311. The van der Waals surface area contributed by atoms with Crippen molar-refractivity contribution in [2.24, 2.45) is 10.7 Å². The number of hydrogen-bond acceptors (Lipinski definition) is 6. The van der Waals surface area contributed by atoms with Crippen LogP contribution in [-0.4, -0.2) is 38.6 Å². The van der Waals surface area contributed by atoms with Crippen LogP contribution in [0.2, 0.25) is 0 Å². The van der Waals surface area contributed by atoms with Crippen LogP contribution in [0.3, 0.4) is 0 Å². The molecule has 1 aromatic carbocycles. The van der Waals surface area contributed by atoms with Gasteiger partial charge in [-0.05, 0) is 42.5 Å². The monoisotopic (exact) mass is 379 g/mol. The van der Waals surface area contributed by atoms with Gasteiger partial charge in [-0.15, -0.1) is 0 Å². The maximum absolute atomic E-state index is 12.9. The molecule has 0 spiro atoms. The minimum Gasteiger partial charge on any atom is -0.404 e. The fourth-order valence-corrected chi connectivity index (χ4v) is 2.38. The summed E-state index contributed by atoms with van der Waals surface area (Å²) in [6.07, 6.45) is 7.58. The van der Waals surface area contributed by atoms with E-state index in [-0.39, 0.29) is 5.91 Å². The van der Waals surface area contributed by atoms with Gasteiger partial charge in [0, 0.05) is 12.8 Å².